The van der Waals surface area contributed by atoms with Gasteiger partial charge in [-0.05, 0) is 54.7 Å². The van der Waals surface area contributed by atoms with Crippen molar-refractivity contribution in [2.24, 2.45) is 5.92 Å². The van der Waals surface area contributed by atoms with E-state index in [4.69, 9.17) is 5.11 Å². The molecular weight excluding hydrogens is 212 g/mol. The number of aliphatic carboxylic acids is 1. The van der Waals surface area contributed by atoms with Crippen LogP contribution in [0.5, 0.6) is 0 Å². The zero-order valence-electron chi connectivity index (χ0n) is 10.4. The Morgan fingerprint density at radius 2 is 2.00 bits per heavy atom. The van der Waals surface area contributed by atoms with E-state index >= 15 is 0 Å². The number of fused-ring (bicyclic) bond motifs is 1. The monoisotopic (exact) mass is 232 g/mol. The maximum Gasteiger partial charge on any atom is 0.303 e. The van der Waals surface area contributed by atoms with Crippen molar-refractivity contribution < 1.29 is 9.90 Å². The lowest BCUT2D eigenvalue weighted by Gasteiger charge is -2.17. The number of carboxylic acid groups (broad SMARTS) is 1. The lowest BCUT2D eigenvalue weighted by atomic mass is 9.88. The molecule has 0 radical (unpaired) electrons. The molecule has 0 saturated carbocycles. The van der Waals surface area contributed by atoms with Crippen molar-refractivity contribution in [2.75, 3.05) is 0 Å². The molecule has 17 heavy (non-hydrogen) atoms. The number of hydrogen-bond acceptors (Lipinski definition) is 1. The predicted molar refractivity (Wildman–Crippen MR) is 68.2 cm³/mol. The molecule has 0 bridgehead atoms. The summed E-state index contributed by atoms with van der Waals surface area (Å²) in [5.74, 6) is -0.482. The van der Waals surface area contributed by atoms with E-state index in [-0.39, 0.29) is 12.3 Å². The summed E-state index contributed by atoms with van der Waals surface area (Å²) >= 11 is 0. The molecule has 0 heterocycles. The molecule has 0 saturated heterocycles. The lowest BCUT2D eigenvalue weighted by Crippen LogP contribution is -2.08. The maximum atomic E-state index is 10.6. The van der Waals surface area contributed by atoms with Gasteiger partial charge in [0.25, 0.3) is 0 Å². The highest BCUT2D eigenvalue weighted by molar-refractivity contribution is 5.67. The Balaban J connectivity index is 2.04. The zero-order valence-corrected chi connectivity index (χ0v) is 10.4. The molecule has 2 nitrogen and oxygen atoms in total. The molecule has 1 aliphatic carbocycles. The van der Waals surface area contributed by atoms with E-state index in [0.29, 0.717) is 0 Å². The molecule has 2 heteroatoms. The minimum absolute atomic E-state index is 0.217. The molecule has 1 aliphatic rings. The van der Waals surface area contributed by atoms with Gasteiger partial charge in [-0.25, -0.2) is 0 Å². The van der Waals surface area contributed by atoms with Crippen LogP contribution in [0.4, 0.5) is 0 Å². The van der Waals surface area contributed by atoms with Crippen molar-refractivity contribution in [1.82, 2.24) is 0 Å². The van der Waals surface area contributed by atoms with Crippen LogP contribution < -0.4 is 0 Å². The van der Waals surface area contributed by atoms with E-state index in [0.717, 1.165) is 6.42 Å². The van der Waals surface area contributed by atoms with Gasteiger partial charge in [0.05, 0.1) is 0 Å². The molecule has 0 fully saturated rings. The molecule has 92 valence electrons. The molecule has 0 aliphatic heterocycles. The summed E-state index contributed by atoms with van der Waals surface area (Å²) in [4.78, 5) is 10.6. The third kappa shape index (κ3) is 3.32. The van der Waals surface area contributed by atoms with Crippen molar-refractivity contribution in [3.05, 3.63) is 34.9 Å². The van der Waals surface area contributed by atoms with Gasteiger partial charge in [-0.1, -0.05) is 25.1 Å². The number of carbonyl (C=O) groups is 1. The Bertz CT molecular complexity index is 409. The number of rotatable bonds is 4. The van der Waals surface area contributed by atoms with Gasteiger partial charge >= 0.3 is 5.97 Å². The van der Waals surface area contributed by atoms with Crippen LogP contribution >= 0.6 is 0 Å². The standard InChI is InChI=1S/C15H20O2/c1-11(9-15(16)17)8-12-6-7-13-4-2-3-5-14(13)10-12/h6-7,10-11H,2-5,8-9H2,1H3,(H,16,17). The second-order valence-corrected chi connectivity index (χ2v) is 5.22. The first-order valence-electron chi connectivity index (χ1n) is 6.47. The fraction of sp³-hybridized carbons (Fsp3) is 0.533. The highest BCUT2D eigenvalue weighted by Crippen LogP contribution is 2.23. The molecule has 0 amide bonds. The summed E-state index contributed by atoms with van der Waals surface area (Å²) in [6.07, 6.45) is 6.14. The van der Waals surface area contributed by atoms with Crippen LogP contribution in [-0.2, 0) is 24.1 Å². The highest BCUT2D eigenvalue weighted by atomic mass is 16.4. The SMILES string of the molecule is CC(CC(=O)O)Cc1ccc2c(c1)CCCC2. The van der Waals surface area contributed by atoms with Gasteiger partial charge in [0.2, 0.25) is 0 Å². The Morgan fingerprint density at radius 3 is 2.71 bits per heavy atom. The fourth-order valence-corrected chi connectivity index (χ4v) is 2.69. The Kier molecular flexibility index (Phi) is 3.82. The summed E-state index contributed by atoms with van der Waals surface area (Å²) in [5, 5.41) is 8.75. The molecule has 1 aromatic carbocycles. The van der Waals surface area contributed by atoms with Gasteiger partial charge < -0.3 is 5.11 Å². The fourth-order valence-electron chi connectivity index (χ4n) is 2.69. The van der Waals surface area contributed by atoms with Gasteiger partial charge in [-0.3, -0.25) is 4.79 Å². The summed E-state index contributed by atoms with van der Waals surface area (Å²) in [7, 11) is 0. The number of aryl methyl sites for hydroxylation is 2. The van der Waals surface area contributed by atoms with Crippen LogP contribution in [0.15, 0.2) is 18.2 Å². The van der Waals surface area contributed by atoms with Crippen molar-refractivity contribution in [2.45, 2.75) is 45.4 Å². The maximum absolute atomic E-state index is 10.6. The first kappa shape index (κ1) is 12.2. The number of hydrogen-bond donors (Lipinski definition) is 1. The average molecular weight is 232 g/mol. The van der Waals surface area contributed by atoms with Crippen LogP contribution in [0.2, 0.25) is 0 Å². The van der Waals surface area contributed by atoms with Gasteiger partial charge in [0.1, 0.15) is 0 Å². The summed E-state index contributed by atoms with van der Waals surface area (Å²) < 4.78 is 0. The Labute approximate surface area is 103 Å². The van der Waals surface area contributed by atoms with Crippen LogP contribution in [-0.4, -0.2) is 11.1 Å². The van der Waals surface area contributed by atoms with E-state index < -0.39 is 5.97 Å². The first-order valence-corrected chi connectivity index (χ1v) is 6.47. The summed E-state index contributed by atoms with van der Waals surface area (Å²) in [6.45, 7) is 2.01. The first-order chi connectivity index (χ1) is 8.15. The normalized spacial score (nSPS) is 16.3. The lowest BCUT2D eigenvalue weighted by molar-refractivity contribution is -0.137. The van der Waals surface area contributed by atoms with Crippen LogP contribution in [0, 0.1) is 5.92 Å². The van der Waals surface area contributed by atoms with E-state index in [1.807, 2.05) is 6.92 Å². The Morgan fingerprint density at radius 1 is 1.29 bits per heavy atom. The quantitative estimate of drug-likeness (QED) is 0.865. The van der Waals surface area contributed by atoms with Crippen LogP contribution in [0.1, 0.15) is 42.9 Å². The highest BCUT2D eigenvalue weighted by Gasteiger charge is 2.12. The number of benzene rings is 1. The van der Waals surface area contributed by atoms with Gasteiger partial charge in [0.15, 0.2) is 0 Å². The summed E-state index contributed by atoms with van der Waals surface area (Å²) in [6, 6.07) is 6.69. The van der Waals surface area contributed by atoms with Crippen molar-refractivity contribution in [1.29, 1.82) is 0 Å². The largest absolute Gasteiger partial charge is 0.481 e. The van der Waals surface area contributed by atoms with Gasteiger partial charge in [-0.15, -0.1) is 0 Å². The molecule has 1 N–H and O–H groups in total. The molecule has 1 aromatic rings. The molecule has 1 unspecified atom stereocenters. The van der Waals surface area contributed by atoms with E-state index in [2.05, 4.69) is 18.2 Å². The molecule has 0 aromatic heterocycles. The third-order valence-corrected chi connectivity index (χ3v) is 3.52. The third-order valence-electron chi connectivity index (χ3n) is 3.52. The molecule has 2 rings (SSSR count). The average Bonchev–Trinajstić information content (AvgIpc) is 2.27. The van der Waals surface area contributed by atoms with E-state index in [1.165, 1.54) is 42.4 Å². The minimum atomic E-state index is -0.699. The van der Waals surface area contributed by atoms with Crippen LogP contribution in [0.25, 0.3) is 0 Å². The second kappa shape index (κ2) is 5.35. The second-order valence-electron chi connectivity index (χ2n) is 5.22. The molecular formula is C15H20O2. The van der Waals surface area contributed by atoms with Crippen molar-refractivity contribution >= 4 is 5.97 Å². The van der Waals surface area contributed by atoms with Crippen molar-refractivity contribution in [3.8, 4) is 0 Å². The molecule has 1 atom stereocenters. The molecule has 0 spiro atoms. The minimum Gasteiger partial charge on any atom is -0.481 e. The Hall–Kier alpha value is -1.31. The smallest absolute Gasteiger partial charge is 0.303 e. The topological polar surface area (TPSA) is 37.3 Å². The van der Waals surface area contributed by atoms with Gasteiger partial charge in [0, 0.05) is 6.42 Å². The van der Waals surface area contributed by atoms with Crippen LogP contribution in [0.3, 0.4) is 0 Å². The van der Waals surface area contributed by atoms with E-state index in [9.17, 15) is 4.79 Å². The number of carboxylic acids is 1. The van der Waals surface area contributed by atoms with E-state index in [1.54, 1.807) is 0 Å². The zero-order chi connectivity index (χ0) is 12.3. The van der Waals surface area contributed by atoms with Crippen molar-refractivity contribution in [3.63, 3.8) is 0 Å². The summed E-state index contributed by atoms with van der Waals surface area (Å²) in [5.41, 5.74) is 4.27. The predicted octanol–water partition coefficient (Wildman–Crippen LogP) is 3.22. The van der Waals surface area contributed by atoms with Gasteiger partial charge in [-0.2, -0.15) is 0 Å².